The van der Waals surface area contributed by atoms with Crippen molar-refractivity contribution in [2.24, 2.45) is 0 Å². The molecule has 2 aromatic carbocycles. The SMILES string of the molecule is O=C(NCc1ccccc1Cn1cccn1)c1ccccc1OCC1CCCO1. The maximum absolute atomic E-state index is 12.8. The normalized spacial score (nSPS) is 15.9. The number of amides is 1. The first-order valence-electron chi connectivity index (χ1n) is 9.95. The van der Waals surface area contributed by atoms with E-state index in [4.69, 9.17) is 9.47 Å². The van der Waals surface area contributed by atoms with Gasteiger partial charge in [0.2, 0.25) is 0 Å². The Hall–Kier alpha value is -3.12. The summed E-state index contributed by atoms with van der Waals surface area (Å²) in [6, 6.07) is 17.3. The van der Waals surface area contributed by atoms with Gasteiger partial charge in [0.25, 0.3) is 5.91 Å². The van der Waals surface area contributed by atoms with E-state index in [0.717, 1.165) is 30.6 Å². The van der Waals surface area contributed by atoms with Gasteiger partial charge in [-0.1, -0.05) is 36.4 Å². The first-order valence-corrected chi connectivity index (χ1v) is 9.95. The Morgan fingerprint density at radius 3 is 2.76 bits per heavy atom. The average Bonchev–Trinajstić information content (AvgIpc) is 3.46. The van der Waals surface area contributed by atoms with Gasteiger partial charge in [0.05, 0.1) is 18.2 Å². The Morgan fingerprint density at radius 2 is 1.97 bits per heavy atom. The lowest BCUT2D eigenvalue weighted by Crippen LogP contribution is -2.25. The fraction of sp³-hybridized carbons (Fsp3) is 0.304. The topological polar surface area (TPSA) is 65.4 Å². The van der Waals surface area contributed by atoms with Crippen LogP contribution in [0.3, 0.4) is 0 Å². The second kappa shape index (κ2) is 9.39. The molecule has 0 bridgehead atoms. The Labute approximate surface area is 170 Å². The van der Waals surface area contributed by atoms with Gasteiger partial charge in [-0.25, -0.2) is 0 Å². The van der Waals surface area contributed by atoms with Gasteiger partial charge in [0.1, 0.15) is 12.4 Å². The summed E-state index contributed by atoms with van der Waals surface area (Å²) in [5.41, 5.74) is 2.73. The van der Waals surface area contributed by atoms with Crippen LogP contribution >= 0.6 is 0 Å². The molecule has 4 rings (SSSR count). The number of aromatic nitrogens is 2. The number of para-hydroxylation sites is 1. The number of carbonyl (C=O) groups excluding carboxylic acids is 1. The molecule has 1 aliphatic heterocycles. The summed E-state index contributed by atoms with van der Waals surface area (Å²) in [6.07, 6.45) is 5.87. The highest BCUT2D eigenvalue weighted by Crippen LogP contribution is 2.21. The number of carbonyl (C=O) groups is 1. The van der Waals surface area contributed by atoms with E-state index in [0.29, 0.717) is 31.0 Å². The van der Waals surface area contributed by atoms with Crippen LogP contribution in [0.1, 0.15) is 34.3 Å². The van der Waals surface area contributed by atoms with Crippen LogP contribution in [0.15, 0.2) is 67.0 Å². The fourth-order valence-corrected chi connectivity index (χ4v) is 3.46. The van der Waals surface area contributed by atoms with Crippen LogP contribution in [0.5, 0.6) is 5.75 Å². The zero-order chi connectivity index (χ0) is 19.9. The van der Waals surface area contributed by atoms with Gasteiger partial charge in [-0.05, 0) is 42.2 Å². The van der Waals surface area contributed by atoms with Crippen LogP contribution in [0.2, 0.25) is 0 Å². The van der Waals surface area contributed by atoms with Crippen molar-refractivity contribution in [3.05, 3.63) is 83.7 Å². The molecule has 150 valence electrons. The first-order chi connectivity index (χ1) is 14.3. The fourth-order valence-electron chi connectivity index (χ4n) is 3.46. The lowest BCUT2D eigenvalue weighted by atomic mass is 10.1. The first kappa shape index (κ1) is 19.2. The van der Waals surface area contributed by atoms with Gasteiger partial charge >= 0.3 is 0 Å². The third-order valence-corrected chi connectivity index (χ3v) is 5.03. The predicted molar refractivity (Wildman–Crippen MR) is 110 cm³/mol. The zero-order valence-electron chi connectivity index (χ0n) is 16.3. The number of nitrogens with one attached hydrogen (secondary N) is 1. The summed E-state index contributed by atoms with van der Waals surface area (Å²) in [7, 11) is 0. The highest BCUT2D eigenvalue weighted by atomic mass is 16.5. The van der Waals surface area contributed by atoms with Crippen molar-refractivity contribution in [1.29, 1.82) is 0 Å². The highest BCUT2D eigenvalue weighted by Gasteiger charge is 2.18. The Kier molecular flexibility index (Phi) is 6.22. The maximum atomic E-state index is 12.8. The van der Waals surface area contributed by atoms with E-state index < -0.39 is 0 Å². The predicted octanol–water partition coefficient (Wildman–Crippen LogP) is 3.42. The number of hydrogen-bond donors (Lipinski definition) is 1. The molecule has 1 aliphatic rings. The number of ether oxygens (including phenoxy) is 2. The molecular weight excluding hydrogens is 366 g/mol. The van der Waals surface area contributed by atoms with Crippen molar-refractivity contribution < 1.29 is 14.3 Å². The van der Waals surface area contributed by atoms with E-state index in [1.807, 2.05) is 53.3 Å². The monoisotopic (exact) mass is 391 g/mol. The molecule has 1 atom stereocenters. The minimum atomic E-state index is -0.151. The molecule has 1 amide bonds. The van der Waals surface area contributed by atoms with Gasteiger partial charge in [0, 0.05) is 25.5 Å². The van der Waals surface area contributed by atoms with Gasteiger partial charge in [-0.15, -0.1) is 0 Å². The molecule has 29 heavy (non-hydrogen) atoms. The lowest BCUT2D eigenvalue weighted by molar-refractivity contribution is 0.0670. The molecule has 0 spiro atoms. The summed E-state index contributed by atoms with van der Waals surface area (Å²) in [4.78, 5) is 12.8. The van der Waals surface area contributed by atoms with Crippen molar-refractivity contribution in [3.63, 3.8) is 0 Å². The summed E-state index contributed by atoms with van der Waals surface area (Å²) < 4.78 is 13.4. The van der Waals surface area contributed by atoms with E-state index in [1.165, 1.54) is 0 Å². The van der Waals surface area contributed by atoms with Crippen LogP contribution in [-0.4, -0.2) is 35.0 Å². The lowest BCUT2D eigenvalue weighted by Gasteiger charge is -2.15. The third-order valence-electron chi connectivity index (χ3n) is 5.03. The second-order valence-electron chi connectivity index (χ2n) is 7.10. The van der Waals surface area contributed by atoms with Crippen molar-refractivity contribution in [2.75, 3.05) is 13.2 Å². The summed E-state index contributed by atoms with van der Waals surface area (Å²) >= 11 is 0. The zero-order valence-corrected chi connectivity index (χ0v) is 16.3. The van der Waals surface area contributed by atoms with Gasteiger partial charge in [0.15, 0.2) is 0 Å². The van der Waals surface area contributed by atoms with E-state index in [-0.39, 0.29) is 12.0 Å². The molecule has 6 nitrogen and oxygen atoms in total. The Balaban J connectivity index is 1.40. The van der Waals surface area contributed by atoms with Crippen molar-refractivity contribution in [2.45, 2.75) is 32.0 Å². The molecule has 0 aliphatic carbocycles. The van der Waals surface area contributed by atoms with Crippen molar-refractivity contribution >= 4 is 5.91 Å². The highest BCUT2D eigenvalue weighted by molar-refractivity contribution is 5.96. The van der Waals surface area contributed by atoms with Crippen LogP contribution in [0.25, 0.3) is 0 Å². The standard InChI is InChI=1S/C23H25N3O3/c27-23(21-10-3-4-11-22(21)29-17-20-9-5-14-28-20)24-15-18-7-1-2-8-19(18)16-26-13-6-12-25-26/h1-4,6-8,10-13,20H,5,9,14-17H2,(H,24,27). The second-order valence-corrected chi connectivity index (χ2v) is 7.10. The molecule has 1 aromatic heterocycles. The number of hydrogen-bond acceptors (Lipinski definition) is 4. The smallest absolute Gasteiger partial charge is 0.255 e. The summed E-state index contributed by atoms with van der Waals surface area (Å²) in [5.74, 6) is 0.437. The van der Waals surface area contributed by atoms with E-state index in [1.54, 1.807) is 12.3 Å². The molecule has 6 heteroatoms. The van der Waals surface area contributed by atoms with Crippen LogP contribution in [-0.2, 0) is 17.8 Å². The van der Waals surface area contributed by atoms with E-state index in [9.17, 15) is 4.79 Å². The molecular formula is C23H25N3O3. The van der Waals surface area contributed by atoms with Crippen LogP contribution < -0.4 is 10.1 Å². The molecule has 2 heterocycles. The average molecular weight is 391 g/mol. The number of nitrogens with zero attached hydrogens (tertiary/aromatic N) is 2. The van der Waals surface area contributed by atoms with Crippen LogP contribution in [0.4, 0.5) is 0 Å². The Morgan fingerprint density at radius 1 is 1.14 bits per heavy atom. The minimum absolute atomic E-state index is 0.111. The quantitative estimate of drug-likeness (QED) is 0.639. The number of rotatable bonds is 8. The molecule has 1 saturated heterocycles. The summed E-state index contributed by atoms with van der Waals surface area (Å²) in [5, 5.41) is 7.29. The maximum Gasteiger partial charge on any atom is 0.255 e. The minimum Gasteiger partial charge on any atom is -0.490 e. The van der Waals surface area contributed by atoms with Gasteiger partial charge in [-0.2, -0.15) is 5.10 Å². The molecule has 0 saturated carbocycles. The molecule has 1 unspecified atom stereocenters. The van der Waals surface area contributed by atoms with Crippen molar-refractivity contribution in [1.82, 2.24) is 15.1 Å². The van der Waals surface area contributed by atoms with Crippen molar-refractivity contribution in [3.8, 4) is 5.75 Å². The molecule has 0 radical (unpaired) electrons. The largest absolute Gasteiger partial charge is 0.490 e. The van der Waals surface area contributed by atoms with Crippen LogP contribution in [0, 0.1) is 0 Å². The Bertz CT molecular complexity index is 934. The number of benzene rings is 2. The molecule has 3 aromatic rings. The third kappa shape index (κ3) is 5.03. The molecule has 1 fully saturated rings. The van der Waals surface area contributed by atoms with Gasteiger partial charge < -0.3 is 14.8 Å². The van der Waals surface area contributed by atoms with E-state index in [2.05, 4.69) is 16.5 Å². The van der Waals surface area contributed by atoms with E-state index >= 15 is 0 Å². The van der Waals surface area contributed by atoms with Gasteiger partial charge in [-0.3, -0.25) is 9.48 Å². The molecule has 1 N–H and O–H groups in total. The summed E-state index contributed by atoms with van der Waals surface area (Å²) in [6.45, 7) is 2.36.